The second-order valence-corrected chi connectivity index (χ2v) is 25.3. The number of unbranched alkanes of at least 4 members (excludes halogenated alkanes) is 26. The Kier molecular flexibility index (Phi) is 56.5. The number of ether oxygens (including phenoxy) is 4. The lowest BCUT2D eigenvalue weighted by Gasteiger charge is -2.46. The van der Waals surface area contributed by atoms with Crippen molar-refractivity contribution in [1.82, 2.24) is 5.32 Å². The molecule has 2 aliphatic rings. The number of hydrogen-bond acceptors (Lipinski definition) is 13. The predicted octanol–water partition coefficient (Wildman–Crippen LogP) is 15.8. The van der Waals surface area contributed by atoms with Crippen molar-refractivity contribution < 1.29 is 64.6 Å². The maximum atomic E-state index is 13.3. The third-order valence-corrected chi connectivity index (χ3v) is 17.1. The first-order chi connectivity index (χ1) is 45.6. The zero-order valence-corrected chi connectivity index (χ0v) is 57.9. The molecule has 2 aliphatic heterocycles. The highest BCUT2D eigenvalue weighted by atomic mass is 16.7. The van der Waals surface area contributed by atoms with Gasteiger partial charge < -0.3 is 65.1 Å². The van der Waals surface area contributed by atoms with E-state index in [4.69, 9.17) is 18.9 Å². The van der Waals surface area contributed by atoms with Crippen molar-refractivity contribution in [2.24, 2.45) is 0 Å². The molecule has 0 radical (unpaired) electrons. The molecule has 532 valence electrons. The average Bonchev–Trinajstić information content (AvgIpc) is 0.958. The third-order valence-electron chi connectivity index (χ3n) is 17.1. The molecule has 2 heterocycles. The number of nitrogens with one attached hydrogen (secondary N) is 1. The molecule has 0 aliphatic carbocycles. The maximum Gasteiger partial charge on any atom is 0.220 e. The van der Waals surface area contributed by atoms with Gasteiger partial charge in [0.05, 0.1) is 32.0 Å². The van der Waals surface area contributed by atoms with E-state index in [1.807, 2.05) is 6.08 Å². The lowest BCUT2D eigenvalue weighted by molar-refractivity contribution is -0.359. The summed E-state index contributed by atoms with van der Waals surface area (Å²) in [5, 5.41) is 87.4. The summed E-state index contributed by atoms with van der Waals surface area (Å²) in [6, 6.07) is -0.926. The van der Waals surface area contributed by atoms with Gasteiger partial charge in [0.25, 0.3) is 0 Å². The zero-order valence-electron chi connectivity index (χ0n) is 57.9. The Balaban J connectivity index is 1.62. The monoisotopic (exact) mass is 1300 g/mol. The molecule has 12 atom stereocenters. The SMILES string of the molecule is CC/C=C\C/C=C\C/C=C\C/C=C\C/C=C\C/C=C\C/C=C\C/C=C\C/C=C\C/C=C\CCCCCCCCCCCCC(=O)NC(COC1OC(CO)C(OC2OC(CO)C(O)C(O)C2O)C(O)C1O)C(O)/C=C/CCCCCCCCCCCCCCCCCC. The molecule has 0 aromatic heterocycles. The quantitative estimate of drug-likeness (QED) is 0.0204. The maximum absolute atomic E-state index is 13.3. The number of carbonyl (C=O) groups is 1. The summed E-state index contributed by atoms with van der Waals surface area (Å²) in [6.07, 6.45) is 75.0. The molecule has 0 spiro atoms. The molecule has 2 rings (SSSR count). The number of aliphatic hydroxyl groups excluding tert-OH is 8. The van der Waals surface area contributed by atoms with Crippen LogP contribution < -0.4 is 5.32 Å². The van der Waals surface area contributed by atoms with Gasteiger partial charge >= 0.3 is 0 Å². The fourth-order valence-electron chi connectivity index (χ4n) is 11.3. The summed E-state index contributed by atoms with van der Waals surface area (Å²) in [4.78, 5) is 13.3. The number of amides is 1. The first-order valence-corrected chi connectivity index (χ1v) is 36.9. The second-order valence-electron chi connectivity index (χ2n) is 25.3. The number of allylic oxidation sites excluding steroid dienone is 21. The largest absolute Gasteiger partial charge is 0.394 e. The van der Waals surface area contributed by atoms with Crippen molar-refractivity contribution in [3.63, 3.8) is 0 Å². The second kappa shape index (κ2) is 61.7. The Morgan fingerprint density at radius 1 is 0.398 bits per heavy atom. The average molecular weight is 1300 g/mol. The molecule has 14 nitrogen and oxygen atoms in total. The Morgan fingerprint density at radius 2 is 0.742 bits per heavy atom. The molecular formula is C79H133NO13. The fraction of sp³-hybridized carbons (Fsp3) is 0.709. The van der Waals surface area contributed by atoms with Crippen LogP contribution in [0, 0.1) is 0 Å². The number of aliphatic hydroxyl groups is 8. The number of rotatable bonds is 59. The van der Waals surface area contributed by atoms with Crippen LogP contribution in [0.1, 0.15) is 264 Å². The first kappa shape index (κ1) is 85.2. The van der Waals surface area contributed by atoms with Gasteiger partial charge in [-0.2, -0.15) is 0 Å². The van der Waals surface area contributed by atoms with Crippen molar-refractivity contribution in [2.45, 2.75) is 338 Å². The van der Waals surface area contributed by atoms with Crippen molar-refractivity contribution in [3.8, 4) is 0 Å². The van der Waals surface area contributed by atoms with E-state index in [-0.39, 0.29) is 18.9 Å². The molecule has 0 aromatic rings. The van der Waals surface area contributed by atoms with Crippen LogP contribution >= 0.6 is 0 Å². The molecule has 2 fully saturated rings. The Morgan fingerprint density at radius 3 is 1.14 bits per heavy atom. The summed E-state index contributed by atoms with van der Waals surface area (Å²) in [7, 11) is 0. The number of hydrogen-bond donors (Lipinski definition) is 9. The summed E-state index contributed by atoms with van der Waals surface area (Å²) >= 11 is 0. The van der Waals surface area contributed by atoms with Gasteiger partial charge in [-0.05, 0) is 96.3 Å². The van der Waals surface area contributed by atoms with Crippen LogP contribution in [-0.4, -0.2) is 140 Å². The molecule has 0 bridgehead atoms. The molecule has 1 amide bonds. The summed E-state index contributed by atoms with van der Waals surface area (Å²) in [5.74, 6) is -0.247. The molecule has 14 heteroatoms. The topological polar surface area (TPSA) is 228 Å². The highest BCUT2D eigenvalue weighted by molar-refractivity contribution is 5.76. The van der Waals surface area contributed by atoms with Crippen LogP contribution in [0.3, 0.4) is 0 Å². The van der Waals surface area contributed by atoms with E-state index in [0.29, 0.717) is 6.42 Å². The smallest absolute Gasteiger partial charge is 0.220 e. The van der Waals surface area contributed by atoms with E-state index in [9.17, 15) is 45.6 Å². The normalized spacial score (nSPS) is 23.4. The molecule has 9 N–H and O–H groups in total. The highest BCUT2D eigenvalue weighted by Gasteiger charge is 2.51. The van der Waals surface area contributed by atoms with E-state index in [1.165, 1.54) is 128 Å². The summed E-state index contributed by atoms with van der Waals surface area (Å²) in [5.41, 5.74) is 0. The van der Waals surface area contributed by atoms with Crippen molar-refractivity contribution in [1.29, 1.82) is 0 Å². The Hall–Kier alpha value is -3.87. The fourth-order valence-corrected chi connectivity index (χ4v) is 11.3. The number of carbonyl (C=O) groups excluding carboxylic acids is 1. The van der Waals surface area contributed by atoms with Gasteiger partial charge in [0.2, 0.25) is 5.91 Å². The van der Waals surface area contributed by atoms with Crippen LogP contribution in [0.2, 0.25) is 0 Å². The van der Waals surface area contributed by atoms with Crippen LogP contribution in [0.4, 0.5) is 0 Å². The van der Waals surface area contributed by atoms with Gasteiger partial charge in [0.1, 0.15) is 48.8 Å². The Labute approximate surface area is 564 Å². The predicted molar refractivity (Wildman–Crippen MR) is 382 cm³/mol. The molecule has 0 aromatic carbocycles. The van der Waals surface area contributed by atoms with E-state index in [0.717, 1.165) is 109 Å². The molecular weight excluding hydrogens is 1170 g/mol. The molecule has 93 heavy (non-hydrogen) atoms. The van der Waals surface area contributed by atoms with Gasteiger partial charge in [-0.3, -0.25) is 4.79 Å². The zero-order chi connectivity index (χ0) is 67.3. The van der Waals surface area contributed by atoms with E-state index in [1.54, 1.807) is 6.08 Å². The van der Waals surface area contributed by atoms with Gasteiger partial charge in [-0.25, -0.2) is 0 Å². The van der Waals surface area contributed by atoms with E-state index >= 15 is 0 Å². The minimum absolute atomic E-state index is 0.247. The van der Waals surface area contributed by atoms with Crippen LogP contribution in [0.25, 0.3) is 0 Å². The van der Waals surface area contributed by atoms with Crippen molar-refractivity contribution in [3.05, 3.63) is 134 Å². The van der Waals surface area contributed by atoms with Gasteiger partial charge in [0, 0.05) is 6.42 Å². The molecule has 12 unspecified atom stereocenters. The highest BCUT2D eigenvalue weighted by Crippen LogP contribution is 2.30. The van der Waals surface area contributed by atoms with E-state index in [2.05, 4.69) is 141 Å². The minimum Gasteiger partial charge on any atom is -0.394 e. The third kappa shape index (κ3) is 45.3. The van der Waals surface area contributed by atoms with Crippen LogP contribution in [0.5, 0.6) is 0 Å². The van der Waals surface area contributed by atoms with Gasteiger partial charge in [-0.1, -0.05) is 295 Å². The Bertz CT molecular complexity index is 2070. The molecule has 2 saturated heterocycles. The van der Waals surface area contributed by atoms with Crippen molar-refractivity contribution in [2.75, 3.05) is 19.8 Å². The molecule has 0 saturated carbocycles. The van der Waals surface area contributed by atoms with Gasteiger partial charge in [-0.15, -0.1) is 0 Å². The van der Waals surface area contributed by atoms with Crippen LogP contribution in [0.15, 0.2) is 134 Å². The van der Waals surface area contributed by atoms with Crippen molar-refractivity contribution >= 4 is 5.91 Å². The summed E-state index contributed by atoms with van der Waals surface area (Å²) in [6.45, 7) is 2.69. The standard InChI is InChI=1S/C79H133NO13/c1-3-5-7-9-11-13-15-17-19-21-23-24-25-26-27-28-29-30-31-32-33-34-35-36-37-38-39-40-41-42-43-44-45-47-49-51-53-55-57-59-61-63-71(84)80-67(68(83)62-60-58-56-54-52-50-48-46-22-20-18-16-14-12-10-8-6-4-2)66-90-78-76(89)74(87)77(70(65-82)92-78)93-79-75(88)73(86)72(85)69(64-81)91-79/h5,7,11,13,17,19,23-24,26-27,29-30,32-33,35-36,38-39,41-42,60,62,67-70,72-79,81-83,85-89H,3-4,6,8-10,12,14-16,18,20-22,25,28,31,34,37,40,43-59,61,63-66H2,1-2H3,(H,80,84)/b7-5-,13-11-,19-17-,24-23-,27-26-,30-29-,33-32-,36-35-,39-38-,42-41-,62-60+. The lowest BCUT2D eigenvalue weighted by Crippen LogP contribution is -2.65. The lowest BCUT2D eigenvalue weighted by atomic mass is 9.97. The summed E-state index contributed by atoms with van der Waals surface area (Å²) < 4.78 is 22.8. The van der Waals surface area contributed by atoms with Gasteiger partial charge in [0.15, 0.2) is 12.6 Å². The minimum atomic E-state index is -1.79. The van der Waals surface area contributed by atoms with E-state index < -0.39 is 86.8 Å². The first-order valence-electron chi connectivity index (χ1n) is 36.9. The van der Waals surface area contributed by atoms with Crippen LogP contribution in [-0.2, 0) is 23.7 Å².